The highest BCUT2D eigenvalue weighted by Gasteiger charge is 2.34. The molecule has 1 heterocycles. The highest BCUT2D eigenvalue weighted by atomic mass is 19.4. The minimum atomic E-state index is -4.74. The average Bonchev–Trinajstić information content (AvgIpc) is 2.94. The number of aromatic nitrogens is 2. The van der Waals surface area contributed by atoms with Crippen LogP contribution in [0.3, 0.4) is 0 Å². The monoisotopic (exact) mass is 317 g/mol. The van der Waals surface area contributed by atoms with E-state index in [0.717, 1.165) is 13.2 Å². The first kappa shape index (κ1) is 15.4. The normalized spacial score (nSPS) is 11.3. The molecule has 2 rings (SSSR count). The number of ether oxygens (including phenoxy) is 1. The van der Waals surface area contributed by atoms with Gasteiger partial charge in [0.05, 0.1) is 17.6 Å². The van der Waals surface area contributed by atoms with E-state index in [-0.39, 0.29) is 5.56 Å². The van der Waals surface area contributed by atoms with Crippen LogP contribution in [0.4, 0.5) is 18.9 Å². The van der Waals surface area contributed by atoms with Gasteiger partial charge in [-0.15, -0.1) is 0 Å². The van der Waals surface area contributed by atoms with Crippen LogP contribution in [-0.4, -0.2) is 28.1 Å². The van der Waals surface area contributed by atoms with Crippen LogP contribution >= 0.6 is 0 Å². The van der Waals surface area contributed by atoms with Gasteiger partial charge in [0.15, 0.2) is 0 Å². The summed E-state index contributed by atoms with van der Waals surface area (Å²) < 4.78 is 46.6. The van der Waals surface area contributed by atoms with Crippen molar-refractivity contribution >= 4 is 11.7 Å². The number of hydrogen-bond donors (Lipinski definition) is 0. The van der Waals surface area contributed by atoms with Gasteiger partial charge in [-0.2, -0.15) is 18.2 Å². The van der Waals surface area contributed by atoms with Crippen LogP contribution in [0.25, 0.3) is 11.4 Å². The molecule has 0 spiro atoms. The predicted octanol–water partition coefficient (Wildman–Crippen LogP) is 2.45. The Morgan fingerprint density at radius 2 is 2.09 bits per heavy atom. The number of esters is 1. The Balaban J connectivity index is 2.53. The number of nitrogens with zero attached hydrogens (tertiary/aromatic N) is 3. The van der Waals surface area contributed by atoms with E-state index in [2.05, 4.69) is 19.4 Å². The molecular formula is C11H6F3N3O5. The number of carbonyl (C=O) groups excluding carboxylic acids is 1. The largest absolute Gasteiger partial charge is 0.462 e. The summed E-state index contributed by atoms with van der Waals surface area (Å²) in [6, 6.07) is 1.81. The fourth-order valence-corrected chi connectivity index (χ4v) is 1.55. The first-order valence-electron chi connectivity index (χ1n) is 5.52. The maximum Gasteiger partial charge on any atom is 0.416 e. The third kappa shape index (κ3) is 2.87. The van der Waals surface area contributed by atoms with Crippen LogP contribution in [0.1, 0.15) is 16.2 Å². The highest BCUT2D eigenvalue weighted by molar-refractivity contribution is 5.84. The van der Waals surface area contributed by atoms with Gasteiger partial charge in [0.2, 0.25) is 5.82 Å². The van der Waals surface area contributed by atoms with E-state index in [1.54, 1.807) is 0 Å². The van der Waals surface area contributed by atoms with E-state index in [0.29, 0.717) is 12.1 Å². The molecule has 11 heteroatoms. The number of nitro benzene ring substituents is 1. The van der Waals surface area contributed by atoms with Crippen LogP contribution in [0.2, 0.25) is 0 Å². The summed E-state index contributed by atoms with van der Waals surface area (Å²) in [5, 5.41) is 14.2. The van der Waals surface area contributed by atoms with Gasteiger partial charge in [0.1, 0.15) is 5.56 Å². The van der Waals surface area contributed by atoms with E-state index < -0.39 is 40.0 Å². The number of benzene rings is 1. The fourth-order valence-electron chi connectivity index (χ4n) is 1.55. The molecule has 2 aromatic rings. The summed E-state index contributed by atoms with van der Waals surface area (Å²) in [5.41, 5.74) is -2.39. The van der Waals surface area contributed by atoms with Crippen molar-refractivity contribution in [2.24, 2.45) is 0 Å². The molecule has 0 aliphatic heterocycles. The lowest BCUT2D eigenvalue weighted by molar-refractivity contribution is -0.384. The molecule has 22 heavy (non-hydrogen) atoms. The molecule has 0 bridgehead atoms. The maximum absolute atomic E-state index is 12.6. The molecule has 0 N–H and O–H groups in total. The van der Waals surface area contributed by atoms with E-state index in [1.807, 2.05) is 0 Å². The quantitative estimate of drug-likeness (QED) is 0.486. The Bertz CT molecular complexity index is 741. The summed E-state index contributed by atoms with van der Waals surface area (Å²) >= 11 is 0. The highest BCUT2D eigenvalue weighted by Crippen LogP contribution is 2.35. The Hall–Kier alpha value is -2.98. The second-order valence-corrected chi connectivity index (χ2v) is 3.90. The fraction of sp³-hybridized carbons (Fsp3) is 0.182. The van der Waals surface area contributed by atoms with Crippen molar-refractivity contribution in [3.05, 3.63) is 39.8 Å². The summed E-state index contributed by atoms with van der Waals surface area (Å²) in [6.45, 7) is 0. The van der Waals surface area contributed by atoms with Crippen LogP contribution in [0.15, 0.2) is 22.7 Å². The van der Waals surface area contributed by atoms with E-state index in [9.17, 15) is 28.1 Å². The van der Waals surface area contributed by atoms with E-state index in [4.69, 9.17) is 0 Å². The molecule has 0 saturated heterocycles. The number of hydrogen-bond acceptors (Lipinski definition) is 7. The van der Waals surface area contributed by atoms with Gasteiger partial charge in [-0.1, -0.05) is 5.16 Å². The number of nitro groups is 1. The molecule has 1 aromatic carbocycles. The number of alkyl halides is 3. The topological polar surface area (TPSA) is 108 Å². The van der Waals surface area contributed by atoms with Crippen molar-refractivity contribution in [2.45, 2.75) is 6.18 Å². The average molecular weight is 317 g/mol. The molecular weight excluding hydrogens is 311 g/mol. The van der Waals surface area contributed by atoms with Gasteiger partial charge in [-0.05, 0) is 12.1 Å². The molecule has 0 radical (unpaired) electrons. The van der Waals surface area contributed by atoms with Gasteiger partial charge in [0.25, 0.3) is 5.69 Å². The zero-order valence-electron chi connectivity index (χ0n) is 10.7. The number of methoxy groups -OCH3 is 1. The third-order valence-electron chi connectivity index (χ3n) is 2.55. The van der Waals surface area contributed by atoms with Gasteiger partial charge in [-0.25, -0.2) is 4.79 Å². The molecule has 8 nitrogen and oxygen atoms in total. The second-order valence-electron chi connectivity index (χ2n) is 3.90. The first-order chi connectivity index (χ1) is 10.2. The lowest BCUT2D eigenvalue weighted by atomic mass is 10.1. The van der Waals surface area contributed by atoms with Crippen molar-refractivity contribution in [1.29, 1.82) is 0 Å². The summed E-state index contributed by atoms with van der Waals surface area (Å²) in [7, 11) is 1.05. The first-order valence-corrected chi connectivity index (χ1v) is 5.52. The molecule has 0 aliphatic rings. The second kappa shape index (κ2) is 5.42. The Labute approximate surface area is 119 Å². The number of rotatable bonds is 3. The van der Waals surface area contributed by atoms with Gasteiger partial charge >= 0.3 is 18.0 Å². The Morgan fingerprint density at radius 1 is 1.41 bits per heavy atom. The van der Waals surface area contributed by atoms with Crippen molar-refractivity contribution in [3.63, 3.8) is 0 Å². The minimum absolute atomic E-state index is 0.322. The SMILES string of the molecule is COC(=O)c1nc(-c2ccc(C(F)(F)F)cc2[N+](=O)[O-])no1. The van der Waals surface area contributed by atoms with Crippen molar-refractivity contribution < 1.29 is 32.1 Å². The molecule has 0 unspecified atom stereocenters. The Kier molecular flexibility index (Phi) is 3.80. The zero-order valence-corrected chi connectivity index (χ0v) is 10.7. The van der Waals surface area contributed by atoms with Crippen molar-refractivity contribution in [2.75, 3.05) is 7.11 Å². The standard InChI is InChI=1S/C11H6F3N3O5/c1-21-10(18)9-15-8(16-22-9)6-3-2-5(11(12,13)14)4-7(6)17(19)20/h2-4H,1H3. The summed E-state index contributed by atoms with van der Waals surface area (Å²) in [6.07, 6.45) is -4.74. The lowest BCUT2D eigenvalue weighted by Crippen LogP contribution is -2.06. The van der Waals surface area contributed by atoms with Gasteiger partial charge in [0, 0.05) is 6.07 Å². The van der Waals surface area contributed by atoms with Crippen molar-refractivity contribution in [1.82, 2.24) is 10.1 Å². The summed E-state index contributed by atoms with van der Waals surface area (Å²) in [5.74, 6) is -1.96. The van der Waals surface area contributed by atoms with Crippen LogP contribution < -0.4 is 0 Å². The smallest absolute Gasteiger partial charge is 0.416 e. The number of halogens is 3. The third-order valence-corrected chi connectivity index (χ3v) is 2.55. The van der Waals surface area contributed by atoms with E-state index in [1.165, 1.54) is 0 Å². The van der Waals surface area contributed by atoms with Gasteiger partial charge in [-0.3, -0.25) is 10.1 Å². The Morgan fingerprint density at radius 3 is 2.64 bits per heavy atom. The lowest BCUT2D eigenvalue weighted by Gasteiger charge is -2.07. The summed E-state index contributed by atoms with van der Waals surface area (Å²) in [4.78, 5) is 24.6. The van der Waals surface area contributed by atoms with E-state index >= 15 is 0 Å². The zero-order chi connectivity index (χ0) is 16.5. The van der Waals surface area contributed by atoms with Crippen molar-refractivity contribution in [3.8, 4) is 11.4 Å². The molecule has 0 aliphatic carbocycles. The molecule has 116 valence electrons. The number of carbonyl (C=O) groups is 1. The molecule has 0 amide bonds. The van der Waals surface area contributed by atoms with Crippen LogP contribution in [0.5, 0.6) is 0 Å². The van der Waals surface area contributed by atoms with Gasteiger partial charge < -0.3 is 9.26 Å². The van der Waals surface area contributed by atoms with Crippen LogP contribution in [0, 0.1) is 10.1 Å². The molecule has 0 saturated carbocycles. The molecule has 0 fully saturated rings. The minimum Gasteiger partial charge on any atom is -0.462 e. The predicted molar refractivity (Wildman–Crippen MR) is 62.7 cm³/mol. The molecule has 1 aromatic heterocycles. The maximum atomic E-state index is 12.6. The molecule has 0 atom stereocenters. The van der Waals surface area contributed by atoms with Crippen LogP contribution in [-0.2, 0) is 10.9 Å².